The molecule has 2 atom stereocenters. The van der Waals surface area contributed by atoms with Gasteiger partial charge in [-0.05, 0) is 69.7 Å². The molecule has 0 saturated heterocycles. The number of unbranched alkanes of at least 4 members (excludes halogenated alkanes) is 18. The van der Waals surface area contributed by atoms with Gasteiger partial charge in [-0.2, -0.15) is 0 Å². The van der Waals surface area contributed by atoms with Crippen molar-refractivity contribution in [3.05, 3.63) is 18.7 Å². The Morgan fingerprint density at radius 3 is 1.43 bits per heavy atom. The molecule has 0 amide bonds. The van der Waals surface area contributed by atoms with Crippen molar-refractivity contribution in [2.45, 2.75) is 240 Å². The molecule has 1 aromatic rings. The van der Waals surface area contributed by atoms with Crippen LogP contribution in [0, 0.1) is 11.8 Å². The van der Waals surface area contributed by atoms with E-state index in [0.29, 0.717) is 57.3 Å². The van der Waals surface area contributed by atoms with E-state index >= 15 is 0 Å². The number of carbonyl (C=O) groups is 3. The lowest BCUT2D eigenvalue weighted by Gasteiger charge is -2.22. The molecule has 0 saturated carbocycles. The van der Waals surface area contributed by atoms with Crippen molar-refractivity contribution in [1.29, 1.82) is 0 Å². The lowest BCUT2D eigenvalue weighted by molar-refractivity contribution is -0.146. The fourth-order valence-corrected chi connectivity index (χ4v) is 8.04. The van der Waals surface area contributed by atoms with Gasteiger partial charge in [0.25, 0.3) is 0 Å². The maximum atomic E-state index is 13.1. The summed E-state index contributed by atoms with van der Waals surface area (Å²) in [6.07, 6.45) is 41.1. The van der Waals surface area contributed by atoms with Crippen LogP contribution in [0.1, 0.15) is 233 Å². The topological polar surface area (TPSA) is 90.7 Å². The molecule has 0 bridgehead atoms. The highest BCUT2D eigenvalue weighted by atomic mass is 16.5. The smallest absolute Gasteiger partial charge is 0.305 e. The average Bonchev–Trinajstić information content (AvgIpc) is 3.74. The third-order valence-corrected chi connectivity index (χ3v) is 11.9. The number of nitrogens with zero attached hydrogens (tertiary/aromatic N) is 3. The molecular formula is C50H93N3O5. The Balaban J connectivity index is 2.46. The van der Waals surface area contributed by atoms with Crippen LogP contribution >= 0.6 is 0 Å². The normalized spacial score (nSPS) is 12.6. The van der Waals surface area contributed by atoms with E-state index < -0.39 is 0 Å². The van der Waals surface area contributed by atoms with Crippen LogP contribution in [0.3, 0.4) is 0 Å². The summed E-state index contributed by atoms with van der Waals surface area (Å²) < 4.78 is 13.7. The maximum Gasteiger partial charge on any atom is 0.305 e. The van der Waals surface area contributed by atoms with Gasteiger partial charge >= 0.3 is 11.9 Å². The number of carbonyl (C=O) groups excluding carboxylic acids is 3. The summed E-state index contributed by atoms with van der Waals surface area (Å²) in [5, 5.41) is 0. The molecule has 0 aliphatic carbocycles. The van der Waals surface area contributed by atoms with Crippen LogP contribution in [0.15, 0.2) is 18.7 Å². The van der Waals surface area contributed by atoms with E-state index in [1.807, 2.05) is 12.5 Å². The zero-order valence-corrected chi connectivity index (χ0v) is 38.6. The van der Waals surface area contributed by atoms with E-state index in [9.17, 15) is 14.4 Å². The second-order valence-corrected chi connectivity index (χ2v) is 17.5. The fraction of sp³-hybridized carbons (Fsp3) is 0.880. The number of aryl methyl sites for hydroxylation is 1. The van der Waals surface area contributed by atoms with Crippen molar-refractivity contribution in [3.8, 4) is 0 Å². The van der Waals surface area contributed by atoms with Crippen LogP contribution in [0.2, 0.25) is 0 Å². The number of ether oxygens (including phenoxy) is 2. The lowest BCUT2D eigenvalue weighted by Crippen LogP contribution is -2.32. The third-order valence-electron chi connectivity index (χ3n) is 11.9. The fourth-order valence-electron chi connectivity index (χ4n) is 8.04. The Morgan fingerprint density at radius 2 is 0.948 bits per heavy atom. The highest BCUT2D eigenvalue weighted by molar-refractivity contribution is 5.81. The third kappa shape index (κ3) is 33.6. The second-order valence-electron chi connectivity index (χ2n) is 17.5. The first-order valence-electron chi connectivity index (χ1n) is 24.9. The number of hydrogen-bond donors (Lipinski definition) is 0. The molecule has 0 radical (unpaired) electrons. The number of aromatic nitrogens is 2. The summed E-state index contributed by atoms with van der Waals surface area (Å²) in [6, 6.07) is 0. The van der Waals surface area contributed by atoms with Gasteiger partial charge in [-0.3, -0.25) is 19.3 Å². The molecule has 1 aromatic heterocycles. The summed E-state index contributed by atoms with van der Waals surface area (Å²) in [6.45, 7) is 13.0. The van der Waals surface area contributed by atoms with E-state index in [4.69, 9.17) is 9.47 Å². The zero-order valence-electron chi connectivity index (χ0n) is 38.6. The van der Waals surface area contributed by atoms with Crippen molar-refractivity contribution in [1.82, 2.24) is 14.5 Å². The zero-order chi connectivity index (χ0) is 42.2. The first kappa shape index (κ1) is 53.8. The Labute approximate surface area is 358 Å². The molecule has 1 rings (SSSR count). The number of ketones is 1. The van der Waals surface area contributed by atoms with Gasteiger partial charge in [-0.25, -0.2) is 4.98 Å². The lowest BCUT2D eigenvalue weighted by atomic mass is 9.95. The molecule has 58 heavy (non-hydrogen) atoms. The number of Topliss-reactive ketones (excluding diaryl/α,β-unsaturated/α-hetero) is 1. The van der Waals surface area contributed by atoms with E-state index in [0.717, 1.165) is 58.2 Å². The number of rotatable bonds is 44. The van der Waals surface area contributed by atoms with Crippen LogP contribution in [0.25, 0.3) is 0 Å². The molecule has 8 heteroatoms. The van der Waals surface area contributed by atoms with Gasteiger partial charge in [-0.1, -0.05) is 163 Å². The molecule has 2 unspecified atom stereocenters. The standard InChI is InChI=1S/C50H93N3O5/c1-5-9-13-17-19-24-32-46(30-22-15-11-7-3)43-57-49(55)35-26-21-27-38-52(39-29-40-53-41-37-51-45-53)42-48(54)34-28-36-50(56)58-44-47(31-23-16-12-8-4)33-25-20-18-14-10-6-2/h37,41,45-47H,5-36,38-40,42-44H2,1-4H3. The minimum Gasteiger partial charge on any atom is -0.465 e. The molecule has 0 N–H and O–H groups in total. The van der Waals surface area contributed by atoms with Crippen LogP contribution in [-0.2, 0) is 30.4 Å². The van der Waals surface area contributed by atoms with Gasteiger partial charge in [0, 0.05) is 44.7 Å². The van der Waals surface area contributed by atoms with Gasteiger partial charge in [0.2, 0.25) is 0 Å². The van der Waals surface area contributed by atoms with E-state index in [-0.39, 0.29) is 17.7 Å². The summed E-state index contributed by atoms with van der Waals surface area (Å²) in [5.41, 5.74) is 0. The molecule has 0 aliphatic heterocycles. The summed E-state index contributed by atoms with van der Waals surface area (Å²) >= 11 is 0. The molecule has 1 heterocycles. The van der Waals surface area contributed by atoms with E-state index in [1.54, 1.807) is 6.20 Å². The monoisotopic (exact) mass is 816 g/mol. The molecule has 0 spiro atoms. The second kappa shape index (κ2) is 40.2. The van der Waals surface area contributed by atoms with Gasteiger partial charge in [0.05, 0.1) is 26.1 Å². The minimum absolute atomic E-state index is 0.0623. The summed E-state index contributed by atoms with van der Waals surface area (Å²) in [7, 11) is 0. The van der Waals surface area contributed by atoms with Crippen molar-refractivity contribution >= 4 is 17.7 Å². The quantitative estimate of drug-likeness (QED) is 0.0478. The van der Waals surface area contributed by atoms with Crippen molar-refractivity contribution < 1.29 is 23.9 Å². The largest absolute Gasteiger partial charge is 0.465 e. The molecule has 8 nitrogen and oxygen atoms in total. The van der Waals surface area contributed by atoms with E-state index in [1.165, 1.54) is 141 Å². The number of hydrogen-bond acceptors (Lipinski definition) is 7. The van der Waals surface area contributed by atoms with Crippen LogP contribution in [-0.4, -0.2) is 65.0 Å². The highest BCUT2D eigenvalue weighted by Crippen LogP contribution is 2.21. The van der Waals surface area contributed by atoms with Crippen LogP contribution in [0.4, 0.5) is 0 Å². The molecular weight excluding hydrogens is 723 g/mol. The van der Waals surface area contributed by atoms with Crippen molar-refractivity contribution in [3.63, 3.8) is 0 Å². The Morgan fingerprint density at radius 1 is 0.517 bits per heavy atom. The SMILES string of the molecule is CCCCCCCCC(CCCCCC)COC(=O)CCCCCN(CCCn1ccnc1)CC(=O)CCCC(=O)OCC(CCCCCC)CCCCCCCC. The average molecular weight is 816 g/mol. The first-order valence-corrected chi connectivity index (χ1v) is 24.9. The Hall–Kier alpha value is -2.22. The summed E-state index contributed by atoms with van der Waals surface area (Å²) in [4.78, 5) is 45.0. The van der Waals surface area contributed by atoms with Gasteiger partial charge in [-0.15, -0.1) is 0 Å². The van der Waals surface area contributed by atoms with Crippen molar-refractivity contribution in [2.75, 3.05) is 32.8 Å². The Bertz CT molecular complexity index is 1060. The van der Waals surface area contributed by atoms with E-state index in [2.05, 4.69) is 42.1 Å². The molecule has 0 aliphatic rings. The molecule has 0 aromatic carbocycles. The van der Waals surface area contributed by atoms with Crippen molar-refractivity contribution in [2.24, 2.45) is 11.8 Å². The number of imidazole rings is 1. The minimum atomic E-state index is -0.162. The van der Waals surface area contributed by atoms with Gasteiger partial charge < -0.3 is 14.0 Å². The van der Waals surface area contributed by atoms with Gasteiger partial charge in [0.15, 0.2) is 0 Å². The van der Waals surface area contributed by atoms with Crippen LogP contribution < -0.4 is 0 Å². The predicted molar refractivity (Wildman–Crippen MR) is 243 cm³/mol. The molecule has 338 valence electrons. The van der Waals surface area contributed by atoms with Gasteiger partial charge in [0.1, 0.15) is 5.78 Å². The molecule has 0 fully saturated rings. The Kier molecular flexibility index (Phi) is 37.3. The first-order chi connectivity index (χ1) is 28.4. The highest BCUT2D eigenvalue weighted by Gasteiger charge is 2.16. The maximum absolute atomic E-state index is 13.1. The van der Waals surface area contributed by atoms with Crippen LogP contribution in [0.5, 0.6) is 0 Å². The number of esters is 2. The summed E-state index contributed by atoms with van der Waals surface area (Å²) in [5.74, 6) is 0.898. The predicted octanol–water partition coefficient (Wildman–Crippen LogP) is 13.6.